The minimum Gasteiger partial charge on any atom is -0.480 e. The van der Waals surface area contributed by atoms with Gasteiger partial charge in [0.2, 0.25) is 47.3 Å². The second-order valence-electron chi connectivity index (χ2n) is 14.9. The van der Waals surface area contributed by atoms with Crippen molar-refractivity contribution < 1.29 is 53.4 Å². The molecule has 8 amide bonds. The van der Waals surface area contributed by atoms with Gasteiger partial charge < -0.3 is 74.9 Å². The molecule has 8 atom stereocenters. The molecule has 61 heavy (non-hydrogen) atoms. The third-order valence-electron chi connectivity index (χ3n) is 8.87. The van der Waals surface area contributed by atoms with E-state index in [-0.39, 0.29) is 31.8 Å². The lowest BCUT2D eigenvalue weighted by Gasteiger charge is -2.28. The molecule has 0 spiro atoms. The quantitative estimate of drug-likeness (QED) is 0.0234. The number of carboxylic acid groups (broad SMARTS) is 1. The minimum atomic E-state index is -1.34. The van der Waals surface area contributed by atoms with Crippen LogP contribution >= 0.6 is 0 Å². The number of aliphatic hydroxyl groups is 1. The first kappa shape index (κ1) is 52.6. The van der Waals surface area contributed by atoms with Gasteiger partial charge in [-0.25, -0.2) is 4.98 Å². The lowest BCUT2D eigenvalue weighted by molar-refractivity contribution is -0.141. The van der Waals surface area contributed by atoms with Crippen molar-refractivity contribution in [3.63, 3.8) is 0 Å². The van der Waals surface area contributed by atoms with Crippen molar-refractivity contribution >= 4 is 59.2 Å². The number of nitrogens with one attached hydrogen (secondary N) is 9. The molecular formula is C36H62N14O11. The molecular weight excluding hydrogens is 804 g/mol. The van der Waals surface area contributed by atoms with Gasteiger partial charge in [0, 0.05) is 24.9 Å². The molecule has 0 fully saturated rings. The van der Waals surface area contributed by atoms with Crippen molar-refractivity contribution in [2.45, 2.75) is 116 Å². The fraction of sp³-hybridized carbons (Fsp3) is 0.639. The third-order valence-corrected chi connectivity index (χ3v) is 8.87. The molecule has 0 aliphatic rings. The fourth-order valence-corrected chi connectivity index (χ4v) is 5.23. The summed E-state index contributed by atoms with van der Waals surface area (Å²) in [6, 6.07) is -8.67. The first-order valence-electron chi connectivity index (χ1n) is 19.5. The summed E-state index contributed by atoms with van der Waals surface area (Å²) in [5, 5.41) is 38.2. The summed E-state index contributed by atoms with van der Waals surface area (Å²) < 4.78 is 0. The van der Waals surface area contributed by atoms with E-state index in [1.807, 2.05) is 0 Å². The smallest absolute Gasteiger partial charge is 0.325 e. The molecule has 1 heterocycles. The number of aromatic amines is 1. The van der Waals surface area contributed by atoms with Crippen molar-refractivity contribution in [1.82, 2.24) is 52.5 Å². The Kier molecular flexibility index (Phi) is 22.4. The maximum atomic E-state index is 13.6. The zero-order valence-electron chi connectivity index (χ0n) is 35.4. The summed E-state index contributed by atoms with van der Waals surface area (Å²) in [4.78, 5) is 126. The fourth-order valence-electron chi connectivity index (χ4n) is 5.23. The van der Waals surface area contributed by atoms with E-state index < -0.39 is 127 Å². The number of rotatable bonds is 26. The van der Waals surface area contributed by atoms with Gasteiger partial charge >= 0.3 is 5.97 Å². The van der Waals surface area contributed by atoms with Gasteiger partial charge in [-0.05, 0) is 45.4 Å². The standard InChI is InChI=1S/C36H62N14O11/c1-16(2)27(49-25(53)14-42-29(54)18(5)46-31(56)22(9-8-10-41-36(38)39)47-32(57)26(37)20(7)51)34(59)50-28(17(3)4)33(58)48-23(11-21-12-40-15-44-21)30(55)43-13-24(52)45-19(6)35(60)61/h12,15-20,22-23,26-28,51H,8-11,13-14,37H2,1-7H3,(H,40,44)(H,42,54)(H,43,55)(H,45,52)(H,46,56)(H,47,57)(H,48,58)(H,49,53)(H,50,59)(H,60,61)(H4,38,39,41)/t18-,19-,20+,22-,23-,26-,27-,28-/m0/s1. The average Bonchev–Trinajstić information content (AvgIpc) is 3.70. The highest BCUT2D eigenvalue weighted by Gasteiger charge is 2.33. The van der Waals surface area contributed by atoms with Crippen LogP contribution in [0.4, 0.5) is 0 Å². The van der Waals surface area contributed by atoms with Crippen LogP contribution in [0.2, 0.25) is 0 Å². The van der Waals surface area contributed by atoms with Gasteiger partial charge in [0.05, 0.1) is 25.5 Å². The number of carbonyl (C=O) groups excluding carboxylic acids is 8. The van der Waals surface area contributed by atoms with Crippen molar-refractivity contribution in [2.75, 3.05) is 19.6 Å². The van der Waals surface area contributed by atoms with Crippen LogP contribution in [-0.2, 0) is 49.6 Å². The zero-order chi connectivity index (χ0) is 46.6. The largest absolute Gasteiger partial charge is 0.480 e. The van der Waals surface area contributed by atoms with Crippen LogP contribution in [0, 0.1) is 11.8 Å². The van der Waals surface area contributed by atoms with Crippen LogP contribution < -0.4 is 59.7 Å². The van der Waals surface area contributed by atoms with E-state index in [0.29, 0.717) is 5.69 Å². The molecule has 0 saturated heterocycles. The lowest BCUT2D eigenvalue weighted by Crippen LogP contribution is -2.60. The summed E-state index contributed by atoms with van der Waals surface area (Å²) in [7, 11) is 0. The number of H-pyrrole nitrogens is 1. The van der Waals surface area contributed by atoms with Crippen LogP contribution in [0.25, 0.3) is 0 Å². The molecule has 25 nitrogen and oxygen atoms in total. The second-order valence-corrected chi connectivity index (χ2v) is 14.9. The Bertz CT molecular complexity index is 1700. The monoisotopic (exact) mass is 866 g/mol. The van der Waals surface area contributed by atoms with Crippen molar-refractivity contribution in [3.05, 3.63) is 18.2 Å². The predicted octanol–water partition coefficient (Wildman–Crippen LogP) is -5.71. The Hall–Kier alpha value is -6.37. The Morgan fingerprint density at radius 1 is 0.689 bits per heavy atom. The molecule has 0 saturated carbocycles. The van der Waals surface area contributed by atoms with Gasteiger partial charge in [-0.3, -0.25) is 48.1 Å². The summed E-state index contributed by atoms with van der Waals surface area (Å²) in [6.45, 7) is 9.31. The van der Waals surface area contributed by atoms with E-state index in [4.69, 9.17) is 22.3 Å². The van der Waals surface area contributed by atoms with E-state index in [1.165, 1.54) is 33.3 Å². The molecule has 0 bridgehead atoms. The summed E-state index contributed by atoms with van der Waals surface area (Å²) in [6.07, 6.45) is 1.74. The number of hydrogen-bond donors (Lipinski definition) is 14. The molecule has 17 N–H and O–H groups in total. The van der Waals surface area contributed by atoms with Gasteiger partial charge in [-0.15, -0.1) is 0 Å². The van der Waals surface area contributed by atoms with Gasteiger partial charge in [-0.1, -0.05) is 27.7 Å². The highest BCUT2D eigenvalue weighted by Crippen LogP contribution is 2.09. The number of aliphatic hydroxyl groups excluding tert-OH is 1. The number of imidazole rings is 1. The molecule has 0 unspecified atom stereocenters. The van der Waals surface area contributed by atoms with Crippen LogP contribution in [-0.4, -0.2) is 147 Å². The van der Waals surface area contributed by atoms with Crippen LogP contribution in [0.5, 0.6) is 0 Å². The Balaban J connectivity index is 2.96. The summed E-state index contributed by atoms with van der Waals surface area (Å²) in [5.41, 5.74) is 16.8. The number of nitrogens with two attached hydrogens (primary N) is 3. The average molecular weight is 867 g/mol. The number of nitrogens with zero attached hydrogens (tertiary/aromatic N) is 2. The molecule has 25 heteroatoms. The predicted molar refractivity (Wildman–Crippen MR) is 218 cm³/mol. The van der Waals surface area contributed by atoms with Crippen molar-refractivity contribution in [3.8, 4) is 0 Å². The molecule has 1 aromatic rings. The zero-order valence-corrected chi connectivity index (χ0v) is 35.4. The lowest BCUT2D eigenvalue weighted by atomic mass is 9.99. The first-order chi connectivity index (χ1) is 28.4. The summed E-state index contributed by atoms with van der Waals surface area (Å²) >= 11 is 0. The van der Waals surface area contributed by atoms with Crippen LogP contribution in [0.15, 0.2) is 17.5 Å². The molecule has 1 rings (SSSR count). The van der Waals surface area contributed by atoms with Gasteiger partial charge in [-0.2, -0.15) is 0 Å². The van der Waals surface area contributed by atoms with Crippen molar-refractivity contribution in [2.24, 2.45) is 34.0 Å². The number of carboxylic acids is 1. The normalized spacial score (nSPS) is 14.9. The number of carbonyl (C=O) groups is 9. The number of aliphatic imine (C=N–C) groups is 1. The van der Waals surface area contributed by atoms with E-state index in [1.54, 1.807) is 27.7 Å². The maximum Gasteiger partial charge on any atom is 0.325 e. The number of aliphatic carboxylic acids is 1. The molecule has 0 aromatic carbocycles. The molecule has 342 valence electrons. The van der Waals surface area contributed by atoms with Gasteiger partial charge in [0.15, 0.2) is 5.96 Å². The molecule has 0 radical (unpaired) electrons. The molecule has 0 aliphatic heterocycles. The van der Waals surface area contributed by atoms with Crippen LogP contribution in [0.3, 0.4) is 0 Å². The van der Waals surface area contributed by atoms with Gasteiger partial charge in [0.1, 0.15) is 42.3 Å². The Morgan fingerprint density at radius 2 is 1.23 bits per heavy atom. The van der Waals surface area contributed by atoms with E-state index in [9.17, 15) is 48.3 Å². The molecule has 0 aliphatic carbocycles. The number of aromatic nitrogens is 2. The van der Waals surface area contributed by atoms with Crippen LogP contribution in [0.1, 0.15) is 67.0 Å². The highest BCUT2D eigenvalue weighted by molar-refractivity contribution is 5.97. The third kappa shape index (κ3) is 19.5. The number of guanidine groups is 1. The van der Waals surface area contributed by atoms with Crippen molar-refractivity contribution in [1.29, 1.82) is 0 Å². The Labute approximate surface area is 352 Å². The molecule has 1 aromatic heterocycles. The van der Waals surface area contributed by atoms with E-state index in [2.05, 4.69) is 57.5 Å². The number of amides is 8. The first-order valence-corrected chi connectivity index (χ1v) is 19.5. The highest BCUT2D eigenvalue weighted by atomic mass is 16.4. The SMILES string of the molecule is CC(C)[C@H](NC(=O)CNC(=O)[C@H](C)NC(=O)[C@H](CCCN=C(N)N)NC(=O)[C@@H](N)[C@@H](C)O)C(=O)N[C@H](C(=O)N[C@@H](Cc1cnc[nH]1)C(=O)NCC(=O)N[C@@H](C)C(=O)O)C(C)C. The topological polar surface area (TPSA) is 409 Å². The van der Waals surface area contributed by atoms with Gasteiger partial charge in [0.25, 0.3) is 0 Å². The van der Waals surface area contributed by atoms with E-state index >= 15 is 0 Å². The van der Waals surface area contributed by atoms with E-state index in [0.717, 1.165) is 0 Å². The maximum absolute atomic E-state index is 13.6. The Morgan fingerprint density at radius 3 is 1.75 bits per heavy atom. The number of hydrogen-bond acceptors (Lipinski definition) is 13. The minimum absolute atomic E-state index is 0.0355. The second kappa shape index (κ2) is 26.0. The summed E-state index contributed by atoms with van der Waals surface area (Å²) in [5.74, 6) is -8.80.